The predicted molar refractivity (Wildman–Crippen MR) is 103 cm³/mol. The van der Waals surface area contributed by atoms with E-state index in [1.54, 1.807) is 6.07 Å². The smallest absolute Gasteiger partial charge is 0.280 e. The van der Waals surface area contributed by atoms with E-state index in [2.05, 4.69) is 12.0 Å². The molecule has 2 aromatic rings. The molecule has 0 unspecified atom stereocenters. The second kappa shape index (κ2) is 6.99. The van der Waals surface area contributed by atoms with Crippen LogP contribution in [0.3, 0.4) is 0 Å². The maximum Gasteiger partial charge on any atom is 0.280 e. The third kappa shape index (κ3) is 3.25. The third-order valence-electron chi connectivity index (χ3n) is 5.24. The van der Waals surface area contributed by atoms with E-state index in [0.29, 0.717) is 24.3 Å². The molecule has 0 bridgehead atoms. The van der Waals surface area contributed by atoms with Crippen molar-refractivity contribution in [3.05, 3.63) is 64.7 Å². The summed E-state index contributed by atoms with van der Waals surface area (Å²) >= 11 is 0. The summed E-state index contributed by atoms with van der Waals surface area (Å²) in [6, 6.07) is 13.6. The SMILES string of the molecule is Cc1ccc(OCC(=O)N2CCC(c3ccccc3)=N2)c2c1[C@@H](C)CC2=O. The molecule has 0 radical (unpaired) electrons. The quantitative estimate of drug-likeness (QED) is 0.833. The lowest BCUT2D eigenvalue weighted by atomic mass is 9.97. The summed E-state index contributed by atoms with van der Waals surface area (Å²) in [6.07, 6.45) is 1.23. The van der Waals surface area contributed by atoms with Crippen LogP contribution in [0.1, 0.15) is 52.7 Å². The molecule has 4 rings (SSSR count). The van der Waals surface area contributed by atoms with Crippen molar-refractivity contribution in [2.24, 2.45) is 5.10 Å². The summed E-state index contributed by atoms with van der Waals surface area (Å²) in [6.45, 7) is 4.49. The Morgan fingerprint density at radius 2 is 2.00 bits per heavy atom. The number of ether oxygens (including phenoxy) is 1. The Labute approximate surface area is 158 Å². The van der Waals surface area contributed by atoms with Crippen LogP contribution in [0.25, 0.3) is 0 Å². The molecule has 1 aliphatic carbocycles. The first kappa shape index (κ1) is 17.5. The average molecular weight is 362 g/mol. The number of hydrogen-bond donors (Lipinski definition) is 0. The summed E-state index contributed by atoms with van der Waals surface area (Å²) < 4.78 is 5.76. The van der Waals surface area contributed by atoms with Gasteiger partial charge in [-0.05, 0) is 35.6 Å². The number of amides is 1. The van der Waals surface area contributed by atoms with Crippen LogP contribution in [-0.2, 0) is 4.79 Å². The molecule has 2 aliphatic rings. The van der Waals surface area contributed by atoms with Crippen molar-refractivity contribution in [1.82, 2.24) is 5.01 Å². The fourth-order valence-corrected chi connectivity index (χ4v) is 3.91. The molecule has 0 saturated heterocycles. The highest BCUT2D eigenvalue weighted by molar-refractivity contribution is 6.04. The number of rotatable bonds is 4. The molecular formula is C22H22N2O3. The van der Waals surface area contributed by atoms with E-state index in [4.69, 9.17) is 4.74 Å². The van der Waals surface area contributed by atoms with E-state index in [0.717, 1.165) is 28.8 Å². The van der Waals surface area contributed by atoms with Crippen molar-refractivity contribution >= 4 is 17.4 Å². The minimum atomic E-state index is -0.200. The maximum atomic E-state index is 12.5. The van der Waals surface area contributed by atoms with Crippen LogP contribution in [0.4, 0.5) is 0 Å². The molecule has 2 aromatic carbocycles. The predicted octanol–water partition coefficient (Wildman–Crippen LogP) is 3.70. The molecule has 0 aromatic heterocycles. The molecule has 1 aliphatic heterocycles. The first-order valence-electron chi connectivity index (χ1n) is 9.27. The maximum absolute atomic E-state index is 12.5. The lowest BCUT2D eigenvalue weighted by Crippen LogP contribution is -2.29. The van der Waals surface area contributed by atoms with Crippen molar-refractivity contribution in [2.45, 2.75) is 32.6 Å². The van der Waals surface area contributed by atoms with Gasteiger partial charge in [0, 0.05) is 12.8 Å². The molecule has 5 heteroatoms. The largest absolute Gasteiger partial charge is 0.483 e. The topological polar surface area (TPSA) is 59.0 Å². The Kier molecular flexibility index (Phi) is 4.52. The minimum absolute atomic E-state index is 0.0919. The number of Topliss-reactive ketones (excluding diaryl/α,β-unsaturated/α-hetero) is 1. The van der Waals surface area contributed by atoms with Gasteiger partial charge in [-0.3, -0.25) is 9.59 Å². The highest BCUT2D eigenvalue weighted by Gasteiger charge is 2.31. The van der Waals surface area contributed by atoms with Gasteiger partial charge in [0.05, 0.1) is 17.8 Å². The van der Waals surface area contributed by atoms with E-state index in [-0.39, 0.29) is 24.2 Å². The van der Waals surface area contributed by atoms with Crippen LogP contribution in [-0.4, -0.2) is 35.6 Å². The number of benzene rings is 2. The number of carbonyl (C=O) groups excluding carboxylic acids is 2. The van der Waals surface area contributed by atoms with Gasteiger partial charge in [0.2, 0.25) is 0 Å². The van der Waals surface area contributed by atoms with Crippen LogP contribution >= 0.6 is 0 Å². The minimum Gasteiger partial charge on any atom is -0.483 e. The summed E-state index contributed by atoms with van der Waals surface area (Å²) in [7, 11) is 0. The lowest BCUT2D eigenvalue weighted by molar-refractivity contribution is -0.132. The fraction of sp³-hybridized carbons (Fsp3) is 0.318. The lowest BCUT2D eigenvalue weighted by Gasteiger charge is -2.15. The summed E-state index contributed by atoms with van der Waals surface area (Å²) in [4.78, 5) is 24.9. The van der Waals surface area contributed by atoms with Gasteiger partial charge in [-0.1, -0.05) is 43.3 Å². The van der Waals surface area contributed by atoms with Crippen molar-refractivity contribution in [3.63, 3.8) is 0 Å². The van der Waals surface area contributed by atoms with E-state index < -0.39 is 0 Å². The zero-order valence-corrected chi connectivity index (χ0v) is 15.6. The van der Waals surface area contributed by atoms with Crippen LogP contribution < -0.4 is 4.74 Å². The first-order valence-corrected chi connectivity index (χ1v) is 9.27. The summed E-state index contributed by atoms with van der Waals surface area (Å²) in [5.41, 5.74) is 4.73. The van der Waals surface area contributed by atoms with Gasteiger partial charge in [-0.15, -0.1) is 0 Å². The van der Waals surface area contributed by atoms with Gasteiger partial charge >= 0.3 is 0 Å². The van der Waals surface area contributed by atoms with Crippen molar-refractivity contribution in [1.29, 1.82) is 0 Å². The zero-order chi connectivity index (χ0) is 19.0. The van der Waals surface area contributed by atoms with Crippen LogP contribution in [0, 0.1) is 6.92 Å². The molecule has 1 heterocycles. The van der Waals surface area contributed by atoms with E-state index in [1.807, 2.05) is 43.3 Å². The van der Waals surface area contributed by atoms with Gasteiger partial charge < -0.3 is 4.74 Å². The van der Waals surface area contributed by atoms with E-state index in [9.17, 15) is 9.59 Å². The molecule has 1 atom stereocenters. The normalized spacial score (nSPS) is 18.4. The number of hydrogen-bond acceptors (Lipinski definition) is 4. The Morgan fingerprint density at radius 1 is 1.22 bits per heavy atom. The van der Waals surface area contributed by atoms with Crippen molar-refractivity contribution in [3.8, 4) is 5.75 Å². The molecule has 0 saturated carbocycles. The van der Waals surface area contributed by atoms with Crippen LogP contribution in [0.5, 0.6) is 5.75 Å². The summed E-state index contributed by atoms with van der Waals surface area (Å²) in [5.74, 6) is 0.594. The zero-order valence-electron chi connectivity index (χ0n) is 15.6. The molecule has 138 valence electrons. The molecule has 5 nitrogen and oxygen atoms in total. The number of nitrogens with zero attached hydrogens (tertiary/aromatic N) is 2. The van der Waals surface area contributed by atoms with Crippen LogP contribution in [0.15, 0.2) is 47.6 Å². The van der Waals surface area contributed by atoms with E-state index in [1.165, 1.54) is 5.01 Å². The number of hydrazone groups is 1. The molecular weight excluding hydrogens is 340 g/mol. The molecule has 0 N–H and O–H groups in total. The highest BCUT2D eigenvalue weighted by Crippen LogP contribution is 2.40. The monoisotopic (exact) mass is 362 g/mol. The second-order valence-electron chi connectivity index (χ2n) is 7.17. The van der Waals surface area contributed by atoms with E-state index >= 15 is 0 Å². The van der Waals surface area contributed by atoms with Crippen LogP contribution in [0.2, 0.25) is 0 Å². The van der Waals surface area contributed by atoms with Gasteiger partial charge in [0.25, 0.3) is 5.91 Å². The Balaban J connectivity index is 1.47. The third-order valence-corrected chi connectivity index (χ3v) is 5.24. The fourth-order valence-electron chi connectivity index (χ4n) is 3.91. The van der Waals surface area contributed by atoms with Crippen molar-refractivity contribution < 1.29 is 14.3 Å². The first-order chi connectivity index (χ1) is 13.0. The van der Waals surface area contributed by atoms with Crippen molar-refractivity contribution in [2.75, 3.05) is 13.2 Å². The highest BCUT2D eigenvalue weighted by atomic mass is 16.5. The average Bonchev–Trinajstić information content (AvgIpc) is 3.27. The van der Waals surface area contributed by atoms with Gasteiger partial charge in [0.15, 0.2) is 12.4 Å². The van der Waals surface area contributed by atoms with Gasteiger partial charge in [0.1, 0.15) is 5.75 Å². The molecule has 0 spiro atoms. The second-order valence-corrected chi connectivity index (χ2v) is 7.17. The number of carbonyl (C=O) groups is 2. The number of ketones is 1. The number of aryl methyl sites for hydroxylation is 1. The standard InChI is InChI=1S/C22H22N2O3/c1-14-8-9-19(22-18(25)12-15(2)21(14)22)27-13-20(26)24-11-10-17(23-24)16-6-4-3-5-7-16/h3-9,15H,10-13H2,1-2H3/t15-/m0/s1. The van der Waals surface area contributed by atoms with Gasteiger partial charge in [-0.2, -0.15) is 5.10 Å². The number of fused-ring (bicyclic) bond motifs is 1. The Morgan fingerprint density at radius 3 is 2.78 bits per heavy atom. The molecule has 1 amide bonds. The molecule has 0 fully saturated rings. The summed E-state index contributed by atoms with van der Waals surface area (Å²) in [5, 5.41) is 5.90. The van der Waals surface area contributed by atoms with Gasteiger partial charge in [-0.25, -0.2) is 5.01 Å². The Bertz CT molecular complexity index is 934. The Hall–Kier alpha value is -2.95. The molecule has 27 heavy (non-hydrogen) atoms.